The van der Waals surface area contributed by atoms with Crippen LogP contribution in [0.15, 0.2) is 6.07 Å². The maximum atomic E-state index is 12.2. The first-order valence-corrected chi connectivity index (χ1v) is 7.83. The topological polar surface area (TPSA) is 66.9 Å². The molecule has 1 aromatic heterocycles. The summed E-state index contributed by atoms with van der Waals surface area (Å²) in [6, 6.07) is 2.48. The van der Waals surface area contributed by atoms with Crippen LogP contribution in [0.1, 0.15) is 51.0 Å². The van der Waals surface area contributed by atoms with E-state index in [-0.39, 0.29) is 17.9 Å². The van der Waals surface area contributed by atoms with Crippen LogP contribution in [0.2, 0.25) is 0 Å². The number of carbonyl (C=O) groups is 1. The molecule has 2 unspecified atom stereocenters. The third-order valence-electron chi connectivity index (χ3n) is 3.79. The van der Waals surface area contributed by atoms with Gasteiger partial charge in [0.25, 0.3) is 0 Å². The van der Waals surface area contributed by atoms with Crippen molar-refractivity contribution in [2.24, 2.45) is 5.92 Å². The zero-order valence-corrected chi connectivity index (χ0v) is 13.4. The van der Waals surface area contributed by atoms with Crippen molar-refractivity contribution in [3.05, 3.63) is 17.6 Å². The van der Waals surface area contributed by atoms with Gasteiger partial charge in [-0.15, -0.1) is 0 Å². The van der Waals surface area contributed by atoms with Crippen molar-refractivity contribution in [1.82, 2.24) is 15.3 Å². The molecule has 116 valence electrons. The molecule has 1 amide bonds. The normalized spacial score (nSPS) is 22.1. The van der Waals surface area contributed by atoms with E-state index in [2.05, 4.69) is 20.6 Å². The zero-order chi connectivity index (χ0) is 15.4. The number of aryl methyl sites for hydroxylation is 2. The molecule has 1 aromatic rings. The fourth-order valence-corrected chi connectivity index (χ4v) is 2.96. The molecule has 5 heteroatoms. The van der Waals surface area contributed by atoms with E-state index in [1.165, 1.54) is 0 Å². The van der Waals surface area contributed by atoms with Crippen molar-refractivity contribution in [1.29, 1.82) is 0 Å². The highest BCUT2D eigenvalue weighted by Gasteiger charge is 2.27. The van der Waals surface area contributed by atoms with E-state index in [0.29, 0.717) is 6.04 Å². The molecule has 2 N–H and O–H groups in total. The Hall–Kier alpha value is -1.65. The smallest absolute Gasteiger partial charge is 0.223 e. The Kier molecular flexibility index (Phi) is 5.15. The summed E-state index contributed by atoms with van der Waals surface area (Å²) in [5, 5.41) is 6.49. The highest BCUT2D eigenvalue weighted by Crippen LogP contribution is 2.26. The second-order valence-corrected chi connectivity index (χ2v) is 6.31. The average Bonchev–Trinajstić information content (AvgIpc) is 2.37. The van der Waals surface area contributed by atoms with Crippen LogP contribution in [0.25, 0.3) is 0 Å². The lowest BCUT2D eigenvalue weighted by atomic mass is 9.85. The molecule has 1 fully saturated rings. The molecule has 0 aromatic carbocycles. The lowest BCUT2D eigenvalue weighted by molar-refractivity contribution is -0.126. The molecule has 0 bridgehead atoms. The first kappa shape index (κ1) is 15.7. The molecule has 5 nitrogen and oxygen atoms in total. The van der Waals surface area contributed by atoms with Crippen LogP contribution in [0.5, 0.6) is 0 Å². The Morgan fingerprint density at radius 1 is 1.29 bits per heavy atom. The van der Waals surface area contributed by atoms with Gasteiger partial charge in [0, 0.05) is 29.8 Å². The second-order valence-electron chi connectivity index (χ2n) is 6.31. The number of nitrogens with zero attached hydrogens (tertiary/aromatic N) is 2. The van der Waals surface area contributed by atoms with Gasteiger partial charge in [0.05, 0.1) is 0 Å². The van der Waals surface area contributed by atoms with Gasteiger partial charge in [-0.1, -0.05) is 6.42 Å². The van der Waals surface area contributed by atoms with Crippen LogP contribution in [0.4, 0.5) is 5.82 Å². The van der Waals surface area contributed by atoms with Crippen LogP contribution in [-0.4, -0.2) is 28.0 Å². The molecule has 1 heterocycles. The summed E-state index contributed by atoms with van der Waals surface area (Å²) in [7, 11) is 0. The highest BCUT2D eigenvalue weighted by molar-refractivity contribution is 5.79. The Morgan fingerprint density at radius 3 is 2.71 bits per heavy atom. The SMILES string of the molecule is Cc1cc(NC2CCCC(C(=O)NC(C)C)C2)nc(C)n1. The minimum absolute atomic E-state index is 0.114. The average molecular weight is 290 g/mol. The van der Waals surface area contributed by atoms with E-state index in [9.17, 15) is 4.79 Å². The molecule has 2 atom stereocenters. The monoisotopic (exact) mass is 290 g/mol. The Morgan fingerprint density at radius 2 is 2.05 bits per heavy atom. The molecule has 0 spiro atoms. The van der Waals surface area contributed by atoms with E-state index in [0.717, 1.165) is 43.0 Å². The molecule has 0 aliphatic heterocycles. The van der Waals surface area contributed by atoms with Gasteiger partial charge < -0.3 is 10.6 Å². The lowest BCUT2D eigenvalue weighted by Crippen LogP contribution is -2.40. The van der Waals surface area contributed by atoms with Crippen LogP contribution >= 0.6 is 0 Å². The largest absolute Gasteiger partial charge is 0.367 e. The van der Waals surface area contributed by atoms with Crippen molar-refractivity contribution >= 4 is 11.7 Å². The number of rotatable bonds is 4. The molecule has 0 radical (unpaired) electrons. The van der Waals surface area contributed by atoms with E-state index in [1.807, 2.05) is 33.8 Å². The fourth-order valence-electron chi connectivity index (χ4n) is 2.96. The van der Waals surface area contributed by atoms with Crippen molar-refractivity contribution in [2.75, 3.05) is 5.32 Å². The molecular weight excluding hydrogens is 264 g/mol. The number of aromatic nitrogens is 2. The minimum Gasteiger partial charge on any atom is -0.367 e. The molecule has 0 saturated heterocycles. The maximum Gasteiger partial charge on any atom is 0.223 e. The number of hydrogen-bond donors (Lipinski definition) is 2. The van der Waals surface area contributed by atoms with Gasteiger partial charge in [-0.3, -0.25) is 4.79 Å². The van der Waals surface area contributed by atoms with Gasteiger partial charge in [-0.25, -0.2) is 9.97 Å². The van der Waals surface area contributed by atoms with Crippen LogP contribution in [0, 0.1) is 19.8 Å². The van der Waals surface area contributed by atoms with Gasteiger partial charge >= 0.3 is 0 Å². The first-order valence-electron chi connectivity index (χ1n) is 7.83. The fraction of sp³-hybridized carbons (Fsp3) is 0.688. The van der Waals surface area contributed by atoms with Crippen LogP contribution in [0.3, 0.4) is 0 Å². The van der Waals surface area contributed by atoms with Gasteiger partial charge in [0.1, 0.15) is 11.6 Å². The van der Waals surface area contributed by atoms with E-state index in [4.69, 9.17) is 0 Å². The van der Waals surface area contributed by atoms with Gasteiger partial charge in [0.15, 0.2) is 0 Å². The molecule has 1 saturated carbocycles. The molecule has 1 aliphatic rings. The standard InChI is InChI=1S/C16H26N4O/c1-10(2)17-16(21)13-6-5-7-14(9-13)20-15-8-11(3)18-12(4)19-15/h8,10,13-14H,5-7,9H2,1-4H3,(H,17,21)(H,18,19,20). The quantitative estimate of drug-likeness (QED) is 0.894. The number of anilines is 1. The summed E-state index contributed by atoms with van der Waals surface area (Å²) in [5.41, 5.74) is 0.968. The summed E-state index contributed by atoms with van der Waals surface area (Å²) < 4.78 is 0. The summed E-state index contributed by atoms with van der Waals surface area (Å²) in [4.78, 5) is 20.9. The first-order chi connectivity index (χ1) is 9.94. The van der Waals surface area contributed by atoms with Crippen molar-refractivity contribution in [3.8, 4) is 0 Å². The molecule has 21 heavy (non-hydrogen) atoms. The highest BCUT2D eigenvalue weighted by atomic mass is 16.1. The van der Waals surface area contributed by atoms with Crippen LogP contribution in [-0.2, 0) is 4.79 Å². The minimum atomic E-state index is 0.114. The maximum absolute atomic E-state index is 12.2. The van der Waals surface area contributed by atoms with Crippen LogP contribution < -0.4 is 10.6 Å². The van der Waals surface area contributed by atoms with Crippen molar-refractivity contribution in [2.45, 2.75) is 65.5 Å². The summed E-state index contributed by atoms with van der Waals surface area (Å²) in [6.45, 7) is 7.88. The summed E-state index contributed by atoms with van der Waals surface area (Å²) in [5.74, 6) is 1.95. The Bertz CT molecular complexity index is 481. The Balaban J connectivity index is 1.96. The van der Waals surface area contributed by atoms with Gasteiger partial charge in [-0.05, 0) is 47.0 Å². The number of nitrogens with one attached hydrogen (secondary N) is 2. The third kappa shape index (κ3) is 4.69. The van der Waals surface area contributed by atoms with E-state index >= 15 is 0 Å². The molecule has 1 aliphatic carbocycles. The number of hydrogen-bond acceptors (Lipinski definition) is 4. The molecular formula is C16H26N4O. The predicted octanol–water partition coefficient (Wildman–Crippen LogP) is 2.59. The summed E-state index contributed by atoms with van der Waals surface area (Å²) in [6.07, 6.45) is 4.03. The summed E-state index contributed by atoms with van der Waals surface area (Å²) >= 11 is 0. The number of amides is 1. The molecule has 2 rings (SSSR count). The number of carbonyl (C=O) groups excluding carboxylic acids is 1. The van der Waals surface area contributed by atoms with Gasteiger partial charge in [0.2, 0.25) is 5.91 Å². The van der Waals surface area contributed by atoms with E-state index < -0.39 is 0 Å². The predicted molar refractivity (Wildman–Crippen MR) is 84.2 cm³/mol. The Labute approximate surface area is 127 Å². The second kappa shape index (κ2) is 6.87. The zero-order valence-electron chi connectivity index (χ0n) is 13.4. The third-order valence-corrected chi connectivity index (χ3v) is 3.79. The van der Waals surface area contributed by atoms with Gasteiger partial charge in [-0.2, -0.15) is 0 Å². The van der Waals surface area contributed by atoms with Crippen molar-refractivity contribution < 1.29 is 4.79 Å². The van der Waals surface area contributed by atoms with Crippen molar-refractivity contribution in [3.63, 3.8) is 0 Å². The lowest BCUT2D eigenvalue weighted by Gasteiger charge is -2.30. The van der Waals surface area contributed by atoms with E-state index in [1.54, 1.807) is 0 Å².